The Kier molecular flexibility index (Phi) is 5.29. The zero-order valence-electron chi connectivity index (χ0n) is 12.7. The molecular weight excluding hydrogens is 361 g/mol. The Bertz CT molecular complexity index is 838. The second-order valence-electron chi connectivity index (χ2n) is 4.71. The second kappa shape index (κ2) is 6.86. The highest BCUT2D eigenvalue weighted by Crippen LogP contribution is 2.36. The van der Waals surface area contributed by atoms with Gasteiger partial charge in [-0.2, -0.15) is 0 Å². The van der Waals surface area contributed by atoms with Gasteiger partial charge in [-0.05, 0) is 24.6 Å². The molecule has 8 heteroatoms. The Hall–Kier alpha value is -1.63. The lowest BCUT2D eigenvalue weighted by Gasteiger charge is -2.14. The van der Waals surface area contributed by atoms with Crippen LogP contribution in [0.3, 0.4) is 0 Å². The number of ether oxygens (including phenoxy) is 2. The van der Waals surface area contributed by atoms with Crippen LogP contribution in [0.25, 0.3) is 0 Å². The first kappa shape index (κ1) is 17.7. The number of benzene rings is 2. The van der Waals surface area contributed by atoms with E-state index in [0.29, 0.717) is 10.7 Å². The molecule has 2 rings (SSSR count). The van der Waals surface area contributed by atoms with E-state index in [4.69, 9.17) is 32.7 Å². The minimum absolute atomic E-state index is 0.0852. The average molecular weight is 376 g/mol. The Morgan fingerprint density at radius 3 is 2.17 bits per heavy atom. The molecule has 0 aromatic heterocycles. The van der Waals surface area contributed by atoms with Crippen LogP contribution in [0.2, 0.25) is 10.0 Å². The molecule has 0 atom stereocenters. The van der Waals surface area contributed by atoms with Crippen LogP contribution in [-0.2, 0) is 10.0 Å². The monoisotopic (exact) mass is 375 g/mol. The molecule has 0 fully saturated rings. The summed E-state index contributed by atoms with van der Waals surface area (Å²) >= 11 is 12.0. The molecule has 0 saturated heterocycles. The SMILES string of the molecule is COc1cc(S(=O)(=O)Nc2ccc(C)c(Cl)c2)c(OC)cc1Cl. The number of aryl methyl sites for hydroxylation is 1. The highest BCUT2D eigenvalue weighted by Gasteiger charge is 2.22. The van der Waals surface area contributed by atoms with Crippen LogP contribution in [0.4, 0.5) is 5.69 Å². The summed E-state index contributed by atoms with van der Waals surface area (Å²) in [5.74, 6) is 0.344. The summed E-state index contributed by atoms with van der Waals surface area (Å²) in [7, 11) is -1.15. The van der Waals surface area contributed by atoms with Gasteiger partial charge in [-0.3, -0.25) is 4.72 Å². The largest absolute Gasteiger partial charge is 0.495 e. The van der Waals surface area contributed by atoms with Crippen molar-refractivity contribution in [3.63, 3.8) is 0 Å². The highest BCUT2D eigenvalue weighted by molar-refractivity contribution is 7.92. The number of sulfonamides is 1. The summed E-state index contributed by atoms with van der Waals surface area (Å²) in [4.78, 5) is -0.0852. The zero-order chi connectivity index (χ0) is 17.2. The molecule has 0 radical (unpaired) electrons. The predicted molar refractivity (Wildman–Crippen MR) is 91.6 cm³/mol. The van der Waals surface area contributed by atoms with E-state index in [-0.39, 0.29) is 21.4 Å². The quantitative estimate of drug-likeness (QED) is 0.853. The van der Waals surface area contributed by atoms with Gasteiger partial charge in [0.15, 0.2) is 0 Å². The number of hydrogen-bond acceptors (Lipinski definition) is 4. The van der Waals surface area contributed by atoms with Crippen molar-refractivity contribution in [2.45, 2.75) is 11.8 Å². The Morgan fingerprint density at radius 1 is 0.957 bits per heavy atom. The van der Waals surface area contributed by atoms with Gasteiger partial charge in [0.1, 0.15) is 16.4 Å². The first-order valence-corrected chi connectivity index (χ1v) is 8.73. The lowest BCUT2D eigenvalue weighted by atomic mass is 10.2. The zero-order valence-corrected chi connectivity index (χ0v) is 15.0. The van der Waals surface area contributed by atoms with E-state index in [1.54, 1.807) is 12.1 Å². The minimum atomic E-state index is -3.91. The molecule has 0 heterocycles. The molecule has 0 saturated carbocycles. The molecule has 2 aromatic rings. The van der Waals surface area contributed by atoms with Gasteiger partial charge in [-0.25, -0.2) is 8.42 Å². The van der Waals surface area contributed by atoms with Gasteiger partial charge < -0.3 is 9.47 Å². The van der Waals surface area contributed by atoms with E-state index in [0.717, 1.165) is 5.56 Å². The molecule has 0 amide bonds. The van der Waals surface area contributed by atoms with Gasteiger partial charge in [-0.15, -0.1) is 0 Å². The third-order valence-electron chi connectivity index (χ3n) is 3.15. The lowest BCUT2D eigenvalue weighted by molar-refractivity contribution is 0.392. The van der Waals surface area contributed by atoms with Crippen LogP contribution in [0, 0.1) is 6.92 Å². The molecule has 0 bridgehead atoms. The van der Waals surface area contributed by atoms with Crippen molar-refractivity contribution in [2.75, 3.05) is 18.9 Å². The fraction of sp³-hybridized carbons (Fsp3) is 0.200. The number of halogens is 2. The molecule has 2 aromatic carbocycles. The van der Waals surface area contributed by atoms with Gasteiger partial charge in [0, 0.05) is 17.2 Å². The normalized spacial score (nSPS) is 11.2. The van der Waals surface area contributed by atoms with E-state index in [9.17, 15) is 8.42 Å². The minimum Gasteiger partial charge on any atom is -0.495 e. The van der Waals surface area contributed by atoms with Crippen molar-refractivity contribution >= 4 is 38.9 Å². The molecule has 0 aliphatic heterocycles. The molecule has 5 nitrogen and oxygen atoms in total. The Balaban J connectivity index is 2.48. The summed E-state index contributed by atoms with van der Waals surface area (Å²) < 4.78 is 37.9. The highest BCUT2D eigenvalue weighted by atomic mass is 35.5. The summed E-state index contributed by atoms with van der Waals surface area (Å²) in [5.41, 5.74) is 1.19. The maximum Gasteiger partial charge on any atom is 0.265 e. The third-order valence-corrected chi connectivity index (χ3v) is 5.26. The van der Waals surface area contributed by atoms with E-state index < -0.39 is 10.0 Å². The Morgan fingerprint density at radius 2 is 1.61 bits per heavy atom. The fourth-order valence-electron chi connectivity index (χ4n) is 1.91. The summed E-state index contributed by atoms with van der Waals surface area (Å²) in [6.45, 7) is 1.83. The van der Waals surface area contributed by atoms with Crippen LogP contribution < -0.4 is 14.2 Å². The molecular formula is C15H15Cl2NO4S. The number of nitrogens with one attached hydrogen (secondary N) is 1. The smallest absolute Gasteiger partial charge is 0.265 e. The van der Waals surface area contributed by atoms with Crippen molar-refractivity contribution < 1.29 is 17.9 Å². The van der Waals surface area contributed by atoms with Crippen LogP contribution >= 0.6 is 23.2 Å². The molecule has 0 spiro atoms. The number of rotatable bonds is 5. The first-order valence-electron chi connectivity index (χ1n) is 6.49. The predicted octanol–water partition coefficient (Wildman–Crippen LogP) is 4.12. The maximum absolute atomic E-state index is 12.6. The van der Waals surface area contributed by atoms with Gasteiger partial charge in [0.2, 0.25) is 0 Å². The molecule has 124 valence electrons. The van der Waals surface area contributed by atoms with Crippen molar-refractivity contribution in [1.29, 1.82) is 0 Å². The summed E-state index contributed by atoms with van der Waals surface area (Å²) in [5, 5.41) is 0.715. The molecule has 1 N–H and O–H groups in total. The fourth-order valence-corrected chi connectivity index (χ4v) is 3.54. The molecule has 0 aliphatic carbocycles. The van der Waals surface area contributed by atoms with Crippen molar-refractivity contribution in [1.82, 2.24) is 0 Å². The summed E-state index contributed by atoms with van der Waals surface area (Å²) in [6, 6.07) is 7.57. The Labute approximate surface area is 145 Å². The molecule has 0 aliphatic rings. The summed E-state index contributed by atoms with van der Waals surface area (Å²) in [6.07, 6.45) is 0. The van der Waals surface area contributed by atoms with E-state index in [2.05, 4.69) is 4.72 Å². The van der Waals surface area contributed by atoms with Crippen molar-refractivity contribution in [3.8, 4) is 11.5 Å². The molecule has 23 heavy (non-hydrogen) atoms. The van der Waals surface area contributed by atoms with Crippen LogP contribution in [0.15, 0.2) is 35.2 Å². The van der Waals surface area contributed by atoms with Gasteiger partial charge >= 0.3 is 0 Å². The van der Waals surface area contributed by atoms with Gasteiger partial charge in [-0.1, -0.05) is 29.3 Å². The number of methoxy groups -OCH3 is 2. The van der Waals surface area contributed by atoms with E-state index in [1.165, 1.54) is 32.4 Å². The van der Waals surface area contributed by atoms with E-state index >= 15 is 0 Å². The maximum atomic E-state index is 12.6. The van der Waals surface area contributed by atoms with Gasteiger partial charge in [0.05, 0.1) is 24.9 Å². The number of anilines is 1. The van der Waals surface area contributed by atoms with Crippen LogP contribution in [0.5, 0.6) is 11.5 Å². The van der Waals surface area contributed by atoms with Crippen LogP contribution in [0.1, 0.15) is 5.56 Å². The average Bonchev–Trinajstić information content (AvgIpc) is 2.50. The first-order chi connectivity index (χ1) is 10.8. The second-order valence-corrected chi connectivity index (χ2v) is 7.17. The van der Waals surface area contributed by atoms with E-state index in [1.807, 2.05) is 6.92 Å². The third kappa shape index (κ3) is 3.83. The molecule has 0 unspecified atom stereocenters. The topological polar surface area (TPSA) is 64.6 Å². The van der Waals surface area contributed by atoms with Crippen molar-refractivity contribution in [2.24, 2.45) is 0 Å². The number of hydrogen-bond donors (Lipinski definition) is 1. The lowest BCUT2D eigenvalue weighted by Crippen LogP contribution is -2.14. The van der Waals surface area contributed by atoms with Gasteiger partial charge in [0.25, 0.3) is 10.0 Å². The van der Waals surface area contributed by atoms with Crippen molar-refractivity contribution in [3.05, 3.63) is 45.9 Å². The van der Waals surface area contributed by atoms with Crippen LogP contribution in [-0.4, -0.2) is 22.6 Å². The standard InChI is InChI=1S/C15H15Cl2NO4S/c1-9-4-5-10(6-11(9)16)18-23(19,20)15-8-13(21-2)12(17)7-14(15)22-3/h4-8,18H,1-3H3.